The van der Waals surface area contributed by atoms with E-state index in [9.17, 15) is 0 Å². The first-order valence-corrected chi connectivity index (χ1v) is 9.17. The van der Waals surface area contributed by atoms with Crippen molar-refractivity contribution in [1.29, 1.82) is 0 Å². The summed E-state index contributed by atoms with van der Waals surface area (Å²) in [5, 5.41) is 6.83. The van der Waals surface area contributed by atoms with Crippen LogP contribution in [0.2, 0.25) is 0 Å². The lowest BCUT2D eigenvalue weighted by Crippen LogP contribution is -2.42. The monoisotopic (exact) mass is 327 g/mol. The van der Waals surface area contributed by atoms with E-state index in [2.05, 4.69) is 49.8 Å². The largest absolute Gasteiger partial charge is 0.357 e. The number of aromatic nitrogens is 1. The molecule has 0 amide bonds. The van der Waals surface area contributed by atoms with Crippen LogP contribution in [-0.2, 0) is 6.54 Å². The molecule has 0 spiro atoms. The van der Waals surface area contributed by atoms with E-state index in [0.29, 0.717) is 6.04 Å². The molecule has 2 heterocycles. The third-order valence-corrected chi connectivity index (χ3v) is 4.77. The van der Waals surface area contributed by atoms with Gasteiger partial charge in [-0.1, -0.05) is 31.1 Å². The van der Waals surface area contributed by atoms with Crippen molar-refractivity contribution in [3.63, 3.8) is 0 Å². The minimum absolute atomic E-state index is 0.472. The van der Waals surface area contributed by atoms with Crippen LogP contribution in [0.15, 0.2) is 35.5 Å². The highest BCUT2D eigenvalue weighted by molar-refractivity contribution is 5.80. The fourth-order valence-corrected chi connectivity index (χ4v) is 3.32. The number of nitrogens with zero attached hydrogens (tertiary/aromatic N) is 3. The lowest BCUT2D eigenvalue weighted by atomic mass is 10.2. The second-order valence-corrected chi connectivity index (χ2v) is 6.64. The van der Waals surface area contributed by atoms with Crippen LogP contribution >= 0.6 is 0 Å². The maximum atomic E-state index is 4.67. The van der Waals surface area contributed by atoms with E-state index in [0.717, 1.165) is 44.3 Å². The molecule has 3 rings (SSSR count). The van der Waals surface area contributed by atoms with Crippen LogP contribution in [-0.4, -0.2) is 37.1 Å². The highest BCUT2D eigenvalue weighted by Crippen LogP contribution is 2.17. The number of aliphatic imine (C=N–C) groups is 1. The molecule has 0 bridgehead atoms. The molecular formula is C19H29N5. The van der Waals surface area contributed by atoms with E-state index in [-0.39, 0.29) is 0 Å². The molecule has 0 aromatic carbocycles. The van der Waals surface area contributed by atoms with Gasteiger partial charge in [0, 0.05) is 38.9 Å². The number of guanidine groups is 1. The summed E-state index contributed by atoms with van der Waals surface area (Å²) in [4.78, 5) is 11.4. The third-order valence-electron chi connectivity index (χ3n) is 4.77. The van der Waals surface area contributed by atoms with Crippen molar-refractivity contribution < 1.29 is 0 Å². The molecule has 2 aliphatic rings. The Morgan fingerprint density at radius 2 is 1.92 bits per heavy atom. The van der Waals surface area contributed by atoms with Gasteiger partial charge in [0.1, 0.15) is 5.82 Å². The molecule has 5 nitrogen and oxygen atoms in total. The maximum Gasteiger partial charge on any atom is 0.191 e. The summed E-state index contributed by atoms with van der Waals surface area (Å²) < 4.78 is 0. The van der Waals surface area contributed by atoms with Gasteiger partial charge in [-0.3, -0.25) is 4.99 Å². The molecule has 5 heteroatoms. The summed E-state index contributed by atoms with van der Waals surface area (Å²) >= 11 is 0. The summed E-state index contributed by atoms with van der Waals surface area (Å²) in [6.45, 7) is 3.01. The van der Waals surface area contributed by atoms with Crippen LogP contribution in [0.5, 0.6) is 0 Å². The van der Waals surface area contributed by atoms with Crippen LogP contribution in [0.4, 0.5) is 5.82 Å². The number of hydrogen-bond acceptors (Lipinski definition) is 3. The average molecular weight is 327 g/mol. The Labute approximate surface area is 145 Å². The predicted molar refractivity (Wildman–Crippen MR) is 100 cm³/mol. The maximum absolute atomic E-state index is 4.67. The summed E-state index contributed by atoms with van der Waals surface area (Å²) in [5.41, 5.74) is 1.18. The lowest BCUT2D eigenvalue weighted by molar-refractivity contribution is 0.633. The van der Waals surface area contributed by atoms with Crippen molar-refractivity contribution in [3.8, 4) is 0 Å². The Balaban J connectivity index is 1.49. The molecular weight excluding hydrogens is 298 g/mol. The molecule has 130 valence electrons. The highest BCUT2D eigenvalue weighted by Gasteiger charge is 2.12. The van der Waals surface area contributed by atoms with E-state index < -0.39 is 0 Å². The van der Waals surface area contributed by atoms with Gasteiger partial charge in [-0.2, -0.15) is 0 Å². The van der Waals surface area contributed by atoms with E-state index in [4.69, 9.17) is 0 Å². The molecule has 1 aliphatic carbocycles. The van der Waals surface area contributed by atoms with Crippen LogP contribution in [0.1, 0.15) is 44.1 Å². The molecule has 1 fully saturated rings. The Hall–Kier alpha value is -2.04. The van der Waals surface area contributed by atoms with E-state index in [1.165, 1.54) is 31.2 Å². The molecule has 1 aromatic rings. The summed E-state index contributed by atoms with van der Waals surface area (Å²) in [7, 11) is 1.82. The smallest absolute Gasteiger partial charge is 0.191 e. The quantitative estimate of drug-likeness (QED) is 0.507. The van der Waals surface area contributed by atoms with Gasteiger partial charge >= 0.3 is 0 Å². The van der Waals surface area contributed by atoms with Crippen molar-refractivity contribution in [2.75, 3.05) is 25.0 Å². The van der Waals surface area contributed by atoms with Gasteiger partial charge in [0.25, 0.3) is 0 Å². The van der Waals surface area contributed by atoms with Crippen LogP contribution in [0.25, 0.3) is 0 Å². The first kappa shape index (κ1) is 16.8. The van der Waals surface area contributed by atoms with Crippen molar-refractivity contribution in [3.05, 3.63) is 36.0 Å². The fraction of sp³-hybridized carbons (Fsp3) is 0.579. The zero-order valence-electron chi connectivity index (χ0n) is 14.7. The highest BCUT2D eigenvalue weighted by atomic mass is 15.2. The van der Waals surface area contributed by atoms with Gasteiger partial charge in [0.15, 0.2) is 5.96 Å². The van der Waals surface area contributed by atoms with Gasteiger partial charge < -0.3 is 15.5 Å². The van der Waals surface area contributed by atoms with Gasteiger partial charge in [-0.15, -0.1) is 0 Å². The van der Waals surface area contributed by atoms with Crippen molar-refractivity contribution in [2.45, 2.75) is 51.1 Å². The number of pyridine rings is 1. The Kier molecular flexibility index (Phi) is 6.10. The average Bonchev–Trinajstić information content (AvgIpc) is 2.98. The van der Waals surface area contributed by atoms with Crippen molar-refractivity contribution in [1.82, 2.24) is 15.6 Å². The molecule has 0 radical (unpaired) electrons. The van der Waals surface area contributed by atoms with E-state index in [1.807, 2.05) is 13.2 Å². The second-order valence-electron chi connectivity index (χ2n) is 6.64. The molecule has 1 saturated heterocycles. The predicted octanol–water partition coefficient (Wildman–Crippen LogP) is 2.85. The molecule has 1 aromatic heterocycles. The molecule has 0 atom stereocenters. The summed E-state index contributed by atoms with van der Waals surface area (Å²) in [6, 6.07) is 4.80. The first-order chi connectivity index (χ1) is 11.8. The fourth-order valence-electron chi connectivity index (χ4n) is 3.32. The SMILES string of the molecule is CN=C(NCc1ccc(N2CCCCCC2)nc1)NC1CC=CC1. The Bertz CT molecular complexity index is 548. The topological polar surface area (TPSA) is 52.6 Å². The Morgan fingerprint density at radius 1 is 1.17 bits per heavy atom. The standard InChI is InChI=1S/C19H29N5/c1-20-19(23-17-8-4-5-9-17)22-15-16-10-11-18(21-14-16)24-12-6-2-3-7-13-24/h4-5,10-11,14,17H,2-3,6-9,12-13,15H2,1H3,(H2,20,22,23). The van der Waals surface area contributed by atoms with E-state index >= 15 is 0 Å². The van der Waals surface area contributed by atoms with Crippen LogP contribution in [0.3, 0.4) is 0 Å². The number of nitrogens with one attached hydrogen (secondary N) is 2. The second kappa shape index (κ2) is 8.71. The summed E-state index contributed by atoms with van der Waals surface area (Å²) in [6.07, 6.45) is 13.8. The number of rotatable bonds is 4. The van der Waals surface area contributed by atoms with Crippen LogP contribution in [0, 0.1) is 0 Å². The van der Waals surface area contributed by atoms with Gasteiger partial charge in [0.2, 0.25) is 0 Å². The molecule has 1 aliphatic heterocycles. The molecule has 2 N–H and O–H groups in total. The van der Waals surface area contributed by atoms with Crippen LogP contribution < -0.4 is 15.5 Å². The lowest BCUT2D eigenvalue weighted by Gasteiger charge is -2.21. The minimum Gasteiger partial charge on any atom is -0.357 e. The van der Waals surface area contributed by atoms with Gasteiger partial charge in [-0.05, 0) is 37.3 Å². The normalized spacial score (nSPS) is 19.4. The van der Waals surface area contributed by atoms with Crippen molar-refractivity contribution in [2.24, 2.45) is 4.99 Å². The summed E-state index contributed by atoms with van der Waals surface area (Å²) in [5.74, 6) is 1.97. The molecule has 24 heavy (non-hydrogen) atoms. The van der Waals surface area contributed by atoms with Gasteiger partial charge in [0.05, 0.1) is 0 Å². The molecule has 0 saturated carbocycles. The number of anilines is 1. The van der Waals surface area contributed by atoms with E-state index in [1.54, 1.807) is 0 Å². The van der Waals surface area contributed by atoms with Crippen molar-refractivity contribution >= 4 is 11.8 Å². The van der Waals surface area contributed by atoms with Gasteiger partial charge in [-0.25, -0.2) is 4.98 Å². The zero-order valence-corrected chi connectivity index (χ0v) is 14.7. The number of hydrogen-bond donors (Lipinski definition) is 2. The first-order valence-electron chi connectivity index (χ1n) is 9.17. The zero-order chi connectivity index (χ0) is 16.6. The Morgan fingerprint density at radius 3 is 2.54 bits per heavy atom. The third kappa shape index (κ3) is 4.73. The minimum atomic E-state index is 0.472. The molecule has 0 unspecified atom stereocenters.